The standard InChI is InChI=1S/C21H22O4/c1-5-21(2,3)17-12-14(6-11-18(17)23)13-19(25-4)20(24)15-7-9-16(22)10-8-15/h5-13,22-23H,1H2,2-4H3. The van der Waals surface area contributed by atoms with Crippen molar-refractivity contribution in [2.24, 2.45) is 0 Å². The Kier molecular flexibility index (Phi) is 5.32. The number of ketones is 1. The highest BCUT2D eigenvalue weighted by atomic mass is 16.5. The summed E-state index contributed by atoms with van der Waals surface area (Å²) in [5, 5.41) is 19.5. The van der Waals surface area contributed by atoms with Gasteiger partial charge in [0.25, 0.3) is 0 Å². The molecule has 0 radical (unpaired) electrons. The second-order valence-corrected chi connectivity index (χ2v) is 6.29. The molecule has 0 bridgehead atoms. The fourth-order valence-electron chi connectivity index (χ4n) is 2.39. The second-order valence-electron chi connectivity index (χ2n) is 6.29. The fourth-order valence-corrected chi connectivity index (χ4v) is 2.39. The van der Waals surface area contributed by atoms with Crippen molar-refractivity contribution in [2.75, 3.05) is 7.11 Å². The van der Waals surface area contributed by atoms with Crippen molar-refractivity contribution in [3.8, 4) is 11.5 Å². The van der Waals surface area contributed by atoms with Crippen molar-refractivity contribution in [2.45, 2.75) is 19.3 Å². The number of rotatable bonds is 6. The first-order valence-corrected chi connectivity index (χ1v) is 7.85. The normalized spacial score (nSPS) is 11.9. The Balaban J connectivity index is 2.43. The van der Waals surface area contributed by atoms with Gasteiger partial charge in [0.05, 0.1) is 7.11 Å². The molecule has 0 saturated heterocycles. The summed E-state index contributed by atoms with van der Waals surface area (Å²) in [5.74, 6) is 0.138. The molecule has 0 fully saturated rings. The number of carbonyl (C=O) groups is 1. The van der Waals surface area contributed by atoms with Gasteiger partial charge in [-0.2, -0.15) is 0 Å². The van der Waals surface area contributed by atoms with Gasteiger partial charge in [0.15, 0.2) is 5.76 Å². The molecule has 130 valence electrons. The minimum atomic E-state index is -0.415. The van der Waals surface area contributed by atoms with E-state index < -0.39 is 5.41 Å². The second kappa shape index (κ2) is 7.26. The van der Waals surface area contributed by atoms with Gasteiger partial charge in [0.1, 0.15) is 11.5 Å². The van der Waals surface area contributed by atoms with Gasteiger partial charge < -0.3 is 14.9 Å². The maximum Gasteiger partial charge on any atom is 0.227 e. The molecule has 4 heteroatoms. The number of ether oxygens (including phenoxy) is 1. The van der Waals surface area contributed by atoms with Crippen LogP contribution in [0.4, 0.5) is 0 Å². The van der Waals surface area contributed by atoms with E-state index >= 15 is 0 Å². The van der Waals surface area contributed by atoms with E-state index in [2.05, 4.69) is 6.58 Å². The number of methoxy groups -OCH3 is 1. The molecule has 2 rings (SSSR count). The SMILES string of the molecule is C=CC(C)(C)c1cc(C=C(OC)C(=O)c2ccc(O)cc2)ccc1O. The fraction of sp³-hybridized carbons (Fsp3) is 0.190. The number of benzene rings is 2. The zero-order valence-corrected chi connectivity index (χ0v) is 14.6. The van der Waals surface area contributed by atoms with Crippen LogP contribution < -0.4 is 0 Å². The summed E-state index contributed by atoms with van der Waals surface area (Å²) in [6.07, 6.45) is 3.38. The number of phenolic OH excluding ortho intramolecular Hbond substituents is 2. The average Bonchev–Trinajstić information content (AvgIpc) is 2.61. The third-order valence-corrected chi connectivity index (χ3v) is 4.10. The van der Waals surface area contributed by atoms with Crippen molar-refractivity contribution in [3.05, 3.63) is 77.6 Å². The van der Waals surface area contributed by atoms with E-state index in [4.69, 9.17) is 4.74 Å². The summed E-state index contributed by atoms with van der Waals surface area (Å²) in [7, 11) is 1.43. The molecule has 0 aromatic heterocycles. The van der Waals surface area contributed by atoms with Gasteiger partial charge in [-0.05, 0) is 48.0 Å². The highest BCUT2D eigenvalue weighted by Gasteiger charge is 2.21. The third-order valence-electron chi connectivity index (χ3n) is 4.10. The third kappa shape index (κ3) is 4.10. The molecule has 25 heavy (non-hydrogen) atoms. The summed E-state index contributed by atoms with van der Waals surface area (Å²) in [6.45, 7) is 7.70. The number of hydrogen-bond donors (Lipinski definition) is 2. The van der Waals surface area contributed by atoms with Crippen LogP contribution in [0.3, 0.4) is 0 Å². The molecule has 0 heterocycles. The van der Waals surface area contributed by atoms with Crippen molar-refractivity contribution in [1.82, 2.24) is 0 Å². The summed E-state index contributed by atoms with van der Waals surface area (Å²) >= 11 is 0. The quantitative estimate of drug-likeness (QED) is 0.354. The van der Waals surface area contributed by atoms with Gasteiger partial charge in [0.2, 0.25) is 5.78 Å². The van der Waals surface area contributed by atoms with E-state index in [9.17, 15) is 15.0 Å². The Labute approximate surface area is 147 Å². The number of hydrogen-bond acceptors (Lipinski definition) is 4. The zero-order chi connectivity index (χ0) is 18.6. The zero-order valence-electron chi connectivity index (χ0n) is 14.6. The molecule has 0 aliphatic rings. The van der Waals surface area contributed by atoms with Crippen LogP contribution in [0.2, 0.25) is 0 Å². The lowest BCUT2D eigenvalue weighted by atomic mass is 9.83. The van der Waals surface area contributed by atoms with E-state index in [0.717, 1.165) is 5.56 Å². The Morgan fingerprint density at radius 3 is 2.32 bits per heavy atom. The van der Waals surface area contributed by atoms with E-state index in [1.807, 2.05) is 13.8 Å². The van der Waals surface area contributed by atoms with Crippen molar-refractivity contribution in [3.63, 3.8) is 0 Å². The van der Waals surface area contributed by atoms with E-state index in [0.29, 0.717) is 11.1 Å². The lowest BCUT2D eigenvalue weighted by molar-refractivity contribution is 0.0957. The minimum absolute atomic E-state index is 0.0920. The Morgan fingerprint density at radius 2 is 1.76 bits per heavy atom. The highest BCUT2D eigenvalue weighted by Crippen LogP contribution is 2.33. The molecule has 0 spiro atoms. The molecule has 0 aliphatic carbocycles. The molecule has 0 unspecified atom stereocenters. The van der Waals surface area contributed by atoms with E-state index in [-0.39, 0.29) is 23.0 Å². The molecule has 2 aromatic carbocycles. The Morgan fingerprint density at radius 1 is 1.12 bits per heavy atom. The molecule has 0 saturated carbocycles. The predicted molar refractivity (Wildman–Crippen MR) is 98.8 cm³/mol. The lowest BCUT2D eigenvalue weighted by Crippen LogP contribution is -2.13. The van der Waals surface area contributed by atoms with Crippen LogP contribution in [0, 0.1) is 0 Å². The highest BCUT2D eigenvalue weighted by molar-refractivity contribution is 6.09. The van der Waals surface area contributed by atoms with Crippen LogP contribution in [0.5, 0.6) is 11.5 Å². The van der Waals surface area contributed by atoms with Gasteiger partial charge in [-0.25, -0.2) is 0 Å². The van der Waals surface area contributed by atoms with Crippen molar-refractivity contribution < 1.29 is 19.7 Å². The summed E-state index contributed by atoms with van der Waals surface area (Å²) < 4.78 is 5.25. The topological polar surface area (TPSA) is 66.8 Å². The smallest absolute Gasteiger partial charge is 0.227 e. The van der Waals surface area contributed by atoms with Crippen LogP contribution in [0.25, 0.3) is 6.08 Å². The van der Waals surface area contributed by atoms with Gasteiger partial charge >= 0.3 is 0 Å². The van der Waals surface area contributed by atoms with E-state index in [1.54, 1.807) is 30.4 Å². The predicted octanol–water partition coefficient (Wildman–Crippen LogP) is 4.43. The van der Waals surface area contributed by atoms with E-state index in [1.165, 1.54) is 31.4 Å². The van der Waals surface area contributed by atoms with Crippen LogP contribution in [0.1, 0.15) is 35.3 Å². The first-order chi connectivity index (χ1) is 11.8. The van der Waals surface area contributed by atoms with Crippen LogP contribution in [-0.2, 0) is 10.2 Å². The Bertz CT molecular complexity index is 814. The Hall–Kier alpha value is -3.01. The number of aromatic hydroxyl groups is 2. The first kappa shape index (κ1) is 18.3. The van der Waals surface area contributed by atoms with Gasteiger partial charge in [0, 0.05) is 16.5 Å². The maximum atomic E-state index is 12.6. The summed E-state index contributed by atoms with van der Waals surface area (Å²) in [4.78, 5) is 12.6. The minimum Gasteiger partial charge on any atom is -0.508 e. The molecular weight excluding hydrogens is 316 g/mol. The summed E-state index contributed by atoms with van der Waals surface area (Å²) in [5.41, 5.74) is 1.44. The van der Waals surface area contributed by atoms with Crippen LogP contribution >= 0.6 is 0 Å². The number of Topliss-reactive ketones (excluding diaryl/α,β-unsaturated/α-hetero) is 1. The molecular formula is C21H22O4. The molecule has 2 aromatic rings. The molecule has 0 aliphatic heterocycles. The van der Waals surface area contributed by atoms with Crippen LogP contribution in [-0.4, -0.2) is 23.1 Å². The van der Waals surface area contributed by atoms with Crippen molar-refractivity contribution in [1.29, 1.82) is 0 Å². The monoisotopic (exact) mass is 338 g/mol. The van der Waals surface area contributed by atoms with Gasteiger partial charge in [-0.15, -0.1) is 6.58 Å². The lowest BCUT2D eigenvalue weighted by Gasteiger charge is -2.22. The molecule has 4 nitrogen and oxygen atoms in total. The number of phenols is 2. The van der Waals surface area contributed by atoms with Crippen LogP contribution in [0.15, 0.2) is 60.9 Å². The largest absolute Gasteiger partial charge is 0.508 e. The van der Waals surface area contributed by atoms with Gasteiger partial charge in [-0.3, -0.25) is 4.79 Å². The van der Waals surface area contributed by atoms with Gasteiger partial charge in [-0.1, -0.05) is 26.0 Å². The number of carbonyl (C=O) groups excluding carboxylic acids is 1. The molecule has 2 N–H and O–H groups in total. The first-order valence-electron chi connectivity index (χ1n) is 7.85. The summed E-state index contributed by atoms with van der Waals surface area (Å²) in [6, 6.07) is 11.1. The number of allylic oxidation sites excluding steroid dienone is 2. The molecule has 0 amide bonds. The van der Waals surface area contributed by atoms with Crippen molar-refractivity contribution >= 4 is 11.9 Å². The molecule has 0 atom stereocenters. The average molecular weight is 338 g/mol. The maximum absolute atomic E-state index is 12.6.